The van der Waals surface area contributed by atoms with E-state index in [1.165, 1.54) is 21.0 Å². The number of hydrogen-bond acceptors (Lipinski definition) is 4. The average Bonchev–Trinajstić information content (AvgIpc) is 2.38. The maximum Gasteiger partial charge on any atom is 0.255 e. The molecule has 0 radical (unpaired) electrons. The summed E-state index contributed by atoms with van der Waals surface area (Å²) < 4.78 is 5.34. The first-order chi connectivity index (χ1) is 9.34. The lowest BCUT2D eigenvalue weighted by Gasteiger charge is -2.25. The average molecular weight is 277 g/mol. The van der Waals surface area contributed by atoms with Gasteiger partial charge < -0.3 is 19.9 Å². The Morgan fingerprint density at radius 2 is 2.00 bits per heavy atom. The molecule has 5 heteroatoms. The molecule has 0 unspecified atom stereocenters. The lowest BCUT2D eigenvalue weighted by molar-refractivity contribution is -0.0472. The van der Waals surface area contributed by atoms with E-state index in [4.69, 9.17) is 4.74 Å². The number of para-hydroxylation sites is 1. The van der Waals surface area contributed by atoms with E-state index in [0.717, 1.165) is 5.39 Å². The second-order valence-electron chi connectivity index (χ2n) is 5.39. The van der Waals surface area contributed by atoms with Crippen molar-refractivity contribution >= 4 is 10.9 Å². The zero-order valence-corrected chi connectivity index (χ0v) is 11.8. The quantitative estimate of drug-likeness (QED) is 0.784. The number of aromatic nitrogens is 1. The normalized spacial score (nSPS) is 13.4. The van der Waals surface area contributed by atoms with Crippen LogP contribution in [-0.4, -0.2) is 34.0 Å². The van der Waals surface area contributed by atoms with E-state index in [1.807, 2.05) is 18.2 Å². The summed E-state index contributed by atoms with van der Waals surface area (Å²) in [4.78, 5) is 14.9. The standard InChI is InChI=1S/C15H19NO4/c1-15(2,19)12(17)8-10-13(20-3)9-6-4-5-7-11(9)16-14(10)18/h4-7,12,17,19H,8H2,1-3H3,(H,16,18)/t12-/m1/s1. The number of aliphatic hydroxyl groups is 2. The lowest BCUT2D eigenvalue weighted by Crippen LogP contribution is -2.38. The molecule has 0 amide bonds. The van der Waals surface area contributed by atoms with Crippen LogP contribution < -0.4 is 10.3 Å². The van der Waals surface area contributed by atoms with Crippen molar-refractivity contribution in [2.75, 3.05) is 7.11 Å². The van der Waals surface area contributed by atoms with Crippen molar-refractivity contribution in [2.24, 2.45) is 0 Å². The number of fused-ring (bicyclic) bond motifs is 1. The third kappa shape index (κ3) is 2.69. The van der Waals surface area contributed by atoms with Crippen LogP contribution in [0.3, 0.4) is 0 Å². The Morgan fingerprint density at radius 3 is 2.60 bits per heavy atom. The number of aliphatic hydroxyl groups excluding tert-OH is 1. The largest absolute Gasteiger partial charge is 0.496 e. The smallest absolute Gasteiger partial charge is 0.255 e. The van der Waals surface area contributed by atoms with E-state index in [0.29, 0.717) is 16.8 Å². The summed E-state index contributed by atoms with van der Waals surface area (Å²) in [6, 6.07) is 7.29. The Bertz CT molecular complexity index is 670. The summed E-state index contributed by atoms with van der Waals surface area (Å²) in [6.45, 7) is 3.00. The molecular formula is C15H19NO4. The summed E-state index contributed by atoms with van der Waals surface area (Å²) in [5.41, 5.74) is -0.594. The van der Waals surface area contributed by atoms with Crippen LogP contribution in [-0.2, 0) is 6.42 Å². The highest BCUT2D eigenvalue weighted by molar-refractivity contribution is 5.86. The number of aromatic amines is 1. The van der Waals surface area contributed by atoms with Gasteiger partial charge in [-0.25, -0.2) is 0 Å². The number of H-pyrrole nitrogens is 1. The molecule has 2 aromatic rings. The van der Waals surface area contributed by atoms with E-state index in [-0.39, 0.29) is 12.0 Å². The van der Waals surface area contributed by atoms with Crippen molar-refractivity contribution in [3.05, 3.63) is 40.2 Å². The van der Waals surface area contributed by atoms with Gasteiger partial charge in [0, 0.05) is 11.8 Å². The first-order valence-electron chi connectivity index (χ1n) is 6.43. The molecular weight excluding hydrogens is 258 g/mol. The van der Waals surface area contributed by atoms with Gasteiger partial charge in [-0.05, 0) is 26.0 Å². The van der Waals surface area contributed by atoms with Crippen molar-refractivity contribution in [3.8, 4) is 5.75 Å². The zero-order valence-electron chi connectivity index (χ0n) is 11.8. The second kappa shape index (κ2) is 5.26. The molecule has 0 bridgehead atoms. The van der Waals surface area contributed by atoms with E-state index >= 15 is 0 Å². The van der Waals surface area contributed by atoms with E-state index in [9.17, 15) is 15.0 Å². The van der Waals surface area contributed by atoms with Gasteiger partial charge in [-0.3, -0.25) is 4.79 Å². The van der Waals surface area contributed by atoms with E-state index < -0.39 is 11.7 Å². The number of benzene rings is 1. The van der Waals surface area contributed by atoms with Gasteiger partial charge in [-0.15, -0.1) is 0 Å². The van der Waals surface area contributed by atoms with Crippen LogP contribution >= 0.6 is 0 Å². The minimum absolute atomic E-state index is 0.0207. The van der Waals surface area contributed by atoms with Gasteiger partial charge in [-0.1, -0.05) is 12.1 Å². The summed E-state index contributed by atoms with van der Waals surface area (Å²) in [5.74, 6) is 0.438. The van der Waals surface area contributed by atoms with Gasteiger partial charge in [0.15, 0.2) is 0 Å². The van der Waals surface area contributed by atoms with Crippen LogP contribution in [0, 0.1) is 0 Å². The monoisotopic (exact) mass is 277 g/mol. The van der Waals surface area contributed by atoms with Gasteiger partial charge >= 0.3 is 0 Å². The molecule has 1 aromatic carbocycles. The SMILES string of the molecule is COc1c(C[C@@H](O)C(C)(C)O)c(=O)[nH]c2ccccc12. The number of pyridine rings is 1. The maximum atomic E-state index is 12.1. The molecule has 0 aliphatic heterocycles. The number of methoxy groups -OCH3 is 1. The molecule has 20 heavy (non-hydrogen) atoms. The third-order valence-corrected chi connectivity index (χ3v) is 3.39. The van der Waals surface area contributed by atoms with Crippen LogP contribution in [0.2, 0.25) is 0 Å². The molecule has 0 saturated heterocycles. The van der Waals surface area contributed by atoms with Gasteiger partial charge in [0.25, 0.3) is 5.56 Å². The highest BCUT2D eigenvalue weighted by Crippen LogP contribution is 2.27. The molecule has 2 rings (SSSR count). The Morgan fingerprint density at radius 1 is 1.35 bits per heavy atom. The fourth-order valence-corrected chi connectivity index (χ4v) is 2.12. The molecule has 5 nitrogen and oxygen atoms in total. The molecule has 0 aliphatic carbocycles. The van der Waals surface area contributed by atoms with Crippen molar-refractivity contribution in [1.29, 1.82) is 0 Å². The number of nitrogens with one attached hydrogen (secondary N) is 1. The fourth-order valence-electron chi connectivity index (χ4n) is 2.12. The van der Waals surface area contributed by atoms with E-state index in [1.54, 1.807) is 6.07 Å². The minimum Gasteiger partial charge on any atom is -0.496 e. The van der Waals surface area contributed by atoms with Crippen molar-refractivity contribution in [3.63, 3.8) is 0 Å². The predicted octanol–water partition coefficient (Wildman–Crippen LogP) is 1.21. The van der Waals surface area contributed by atoms with Crippen LogP contribution in [0.1, 0.15) is 19.4 Å². The van der Waals surface area contributed by atoms with Crippen LogP contribution in [0.15, 0.2) is 29.1 Å². The lowest BCUT2D eigenvalue weighted by atomic mass is 9.95. The summed E-state index contributed by atoms with van der Waals surface area (Å²) in [5, 5.41) is 20.6. The first-order valence-corrected chi connectivity index (χ1v) is 6.43. The maximum absolute atomic E-state index is 12.1. The van der Waals surface area contributed by atoms with Crippen LogP contribution in [0.25, 0.3) is 10.9 Å². The molecule has 0 aliphatic rings. The Kier molecular flexibility index (Phi) is 3.83. The highest BCUT2D eigenvalue weighted by atomic mass is 16.5. The second-order valence-corrected chi connectivity index (χ2v) is 5.39. The number of hydrogen-bond donors (Lipinski definition) is 3. The van der Waals surface area contributed by atoms with Crippen LogP contribution in [0.5, 0.6) is 5.75 Å². The van der Waals surface area contributed by atoms with Gasteiger partial charge in [0.2, 0.25) is 0 Å². The number of rotatable bonds is 4. The van der Waals surface area contributed by atoms with Crippen molar-refractivity contribution in [1.82, 2.24) is 4.98 Å². The van der Waals surface area contributed by atoms with Gasteiger partial charge in [0.05, 0.1) is 29.9 Å². The molecule has 0 saturated carbocycles. The van der Waals surface area contributed by atoms with E-state index in [2.05, 4.69) is 4.98 Å². The van der Waals surface area contributed by atoms with Gasteiger partial charge in [-0.2, -0.15) is 0 Å². The zero-order chi connectivity index (χ0) is 14.9. The highest BCUT2D eigenvalue weighted by Gasteiger charge is 2.27. The Hall–Kier alpha value is -1.85. The predicted molar refractivity (Wildman–Crippen MR) is 77.1 cm³/mol. The van der Waals surface area contributed by atoms with Crippen LogP contribution in [0.4, 0.5) is 0 Å². The minimum atomic E-state index is -1.29. The molecule has 0 fully saturated rings. The molecule has 3 N–H and O–H groups in total. The third-order valence-electron chi connectivity index (χ3n) is 3.39. The molecule has 1 atom stereocenters. The summed E-state index contributed by atoms with van der Waals surface area (Å²) in [6.07, 6.45) is -1.04. The van der Waals surface area contributed by atoms with Gasteiger partial charge in [0.1, 0.15) is 5.75 Å². The topological polar surface area (TPSA) is 82.5 Å². The Labute approximate surface area is 116 Å². The number of ether oxygens (including phenoxy) is 1. The first kappa shape index (κ1) is 14.6. The molecule has 0 spiro atoms. The summed E-state index contributed by atoms with van der Waals surface area (Å²) >= 11 is 0. The Balaban J connectivity index is 2.58. The van der Waals surface area contributed by atoms with Crippen molar-refractivity contribution < 1.29 is 14.9 Å². The molecule has 1 aromatic heterocycles. The molecule has 1 heterocycles. The summed E-state index contributed by atoms with van der Waals surface area (Å²) in [7, 11) is 1.49. The fraction of sp³-hybridized carbons (Fsp3) is 0.400. The molecule has 108 valence electrons. The van der Waals surface area contributed by atoms with Crippen molar-refractivity contribution in [2.45, 2.75) is 32.0 Å².